The van der Waals surface area contributed by atoms with Gasteiger partial charge in [0, 0.05) is 12.1 Å². The molecular weight excluding hydrogens is 462 g/mol. The fourth-order valence-corrected chi connectivity index (χ4v) is 4.48. The number of rotatable bonds is 10. The maximum Gasteiger partial charge on any atom is 0.305 e. The first-order chi connectivity index (χ1) is 17.4. The van der Waals surface area contributed by atoms with Crippen molar-refractivity contribution in [3.05, 3.63) is 88.5 Å². The molecule has 0 saturated carbocycles. The topological polar surface area (TPSA) is 75.6 Å². The zero-order valence-electron chi connectivity index (χ0n) is 22.9. The van der Waals surface area contributed by atoms with Crippen LogP contribution in [0.25, 0.3) is 11.1 Å². The lowest BCUT2D eigenvalue weighted by molar-refractivity contribution is -0.136. The minimum Gasteiger partial charge on any atom is -0.493 e. The van der Waals surface area contributed by atoms with Crippen LogP contribution in [0.15, 0.2) is 60.7 Å². The summed E-state index contributed by atoms with van der Waals surface area (Å²) in [4.78, 5) is 22.7. The molecule has 3 aromatic rings. The Morgan fingerprint density at radius 2 is 1.54 bits per heavy atom. The van der Waals surface area contributed by atoms with E-state index in [9.17, 15) is 9.59 Å². The monoisotopic (exact) mass is 501 g/mol. The molecule has 0 aliphatic carbocycles. The van der Waals surface area contributed by atoms with Gasteiger partial charge in [0.05, 0.1) is 13.0 Å². The molecule has 0 bridgehead atoms. The van der Waals surface area contributed by atoms with E-state index in [0.29, 0.717) is 18.1 Å². The van der Waals surface area contributed by atoms with Gasteiger partial charge >= 0.3 is 5.97 Å². The van der Waals surface area contributed by atoms with Crippen molar-refractivity contribution in [1.29, 1.82) is 0 Å². The van der Waals surface area contributed by atoms with Crippen molar-refractivity contribution in [2.45, 2.75) is 59.8 Å². The average molecular weight is 502 g/mol. The molecule has 5 heteroatoms. The summed E-state index contributed by atoms with van der Waals surface area (Å²) in [5, 5.41) is 11.3. The molecule has 0 aliphatic heterocycles. The van der Waals surface area contributed by atoms with Crippen molar-refractivity contribution in [2.24, 2.45) is 5.92 Å². The predicted molar refractivity (Wildman–Crippen MR) is 149 cm³/mol. The highest BCUT2D eigenvalue weighted by molar-refractivity contribution is 5.94. The van der Waals surface area contributed by atoms with Crippen molar-refractivity contribution in [3.63, 3.8) is 0 Å². The van der Waals surface area contributed by atoms with Crippen molar-refractivity contribution in [2.75, 3.05) is 13.2 Å². The predicted octanol–water partition coefficient (Wildman–Crippen LogP) is 6.73. The minimum absolute atomic E-state index is 0.0896. The van der Waals surface area contributed by atoms with E-state index in [-0.39, 0.29) is 24.3 Å². The SMILES string of the molecule is Cc1cc(OCC(C)Cc2ccc(C(=O)NCCC(=O)O)cc2)cc(C)c1-c1ccc(C(C)(C)C)cc1. The van der Waals surface area contributed by atoms with E-state index in [4.69, 9.17) is 9.84 Å². The van der Waals surface area contributed by atoms with Gasteiger partial charge in [-0.05, 0) is 89.2 Å². The Hall–Kier alpha value is -3.60. The van der Waals surface area contributed by atoms with Gasteiger partial charge in [-0.1, -0.05) is 64.1 Å². The van der Waals surface area contributed by atoms with Crippen molar-refractivity contribution in [1.82, 2.24) is 5.32 Å². The van der Waals surface area contributed by atoms with E-state index in [1.54, 1.807) is 12.1 Å². The lowest BCUT2D eigenvalue weighted by atomic mass is 9.85. The summed E-state index contributed by atoms with van der Waals surface area (Å²) in [6.07, 6.45) is 0.741. The Kier molecular flexibility index (Phi) is 9.14. The van der Waals surface area contributed by atoms with Gasteiger partial charge in [-0.25, -0.2) is 0 Å². The molecule has 0 fully saturated rings. The van der Waals surface area contributed by atoms with Crippen molar-refractivity contribution >= 4 is 11.9 Å². The second kappa shape index (κ2) is 12.1. The minimum atomic E-state index is -0.931. The van der Waals surface area contributed by atoms with Crippen molar-refractivity contribution in [3.8, 4) is 16.9 Å². The molecule has 1 amide bonds. The highest BCUT2D eigenvalue weighted by Gasteiger charge is 2.15. The molecule has 37 heavy (non-hydrogen) atoms. The number of carbonyl (C=O) groups is 2. The molecule has 0 radical (unpaired) electrons. The first-order valence-corrected chi connectivity index (χ1v) is 12.9. The number of benzene rings is 3. The molecule has 1 atom stereocenters. The van der Waals surface area contributed by atoms with Crippen LogP contribution in [0.2, 0.25) is 0 Å². The molecule has 196 valence electrons. The van der Waals surface area contributed by atoms with E-state index in [1.165, 1.54) is 27.8 Å². The molecule has 2 N–H and O–H groups in total. The smallest absolute Gasteiger partial charge is 0.305 e. The van der Waals surface area contributed by atoms with E-state index >= 15 is 0 Å². The largest absolute Gasteiger partial charge is 0.493 e. The zero-order valence-corrected chi connectivity index (χ0v) is 22.9. The lowest BCUT2D eigenvalue weighted by Gasteiger charge is -2.20. The van der Waals surface area contributed by atoms with Crippen LogP contribution in [-0.4, -0.2) is 30.1 Å². The van der Waals surface area contributed by atoms with Gasteiger partial charge in [0.1, 0.15) is 5.75 Å². The van der Waals surface area contributed by atoms with Crippen LogP contribution >= 0.6 is 0 Å². The van der Waals surface area contributed by atoms with Gasteiger partial charge in [-0.15, -0.1) is 0 Å². The van der Waals surface area contributed by atoms with Crippen LogP contribution in [0.4, 0.5) is 0 Å². The first kappa shape index (κ1) is 28.0. The second-order valence-electron chi connectivity index (χ2n) is 11.0. The molecule has 5 nitrogen and oxygen atoms in total. The van der Waals surface area contributed by atoms with E-state index in [0.717, 1.165) is 17.7 Å². The van der Waals surface area contributed by atoms with E-state index < -0.39 is 5.97 Å². The quantitative estimate of drug-likeness (QED) is 0.323. The fourth-order valence-electron chi connectivity index (χ4n) is 4.48. The van der Waals surface area contributed by atoms with Crippen LogP contribution < -0.4 is 10.1 Å². The van der Waals surface area contributed by atoms with Crippen LogP contribution in [0, 0.1) is 19.8 Å². The third kappa shape index (κ3) is 7.94. The molecule has 3 rings (SSSR count). The number of aliphatic carboxylic acids is 1. The van der Waals surface area contributed by atoms with Gasteiger partial charge in [-0.3, -0.25) is 9.59 Å². The van der Waals surface area contributed by atoms with Crippen LogP contribution in [-0.2, 0) is 16.6 Å². The van der Waals surface area contributed by atoms with Gasteiger partial charge in [0.2, 0.25) is 0 Å². The summed E-state index contributed by atoms with van der Waals surface area (Å²) in [5.41, 5.74) is 7.99. The van der Waals surface area contributed by atoms with Gasteiger partial charge in [0.25, 0.3) is 5.91 Å². The van der Waals surface area contributed by atoms with Gasteiger partial charge < -0.3 is 15.2 Å². The number of nitrogens with one attached hydrogen (secondary N) is 1. The number of carbonyl (C=O) groups excluding carboxylic acids is 1. The average Bonchev–Trinajstić information content (AvgIpc) is 2.82. The lowest BCUT2D eigenvalue weighted by Crippen LogP contribution is -2.25. The molecule has 0 aromatic heterocycles. The molecule has 3 aromatic carbocycles. The van der Waals surface area contributed by atoms with Crippen LogP contribution in [0.1, 0.15) is 66.7 Å². The maximum absolute atomic E-state index is 12.1. The highest BCUT2D eigenvalue weighted by atomic mass is 16.5. The standard InChI is InChI=1S/C32H39NO4/c1-21(17-24-7-9-26(10-8-24)31(36)33-16-15-29(34)35)20-37-28-18-22(2)30(23(3)19-28)25-11-13-27(14-12-25)32(4,5)6/h7-14,18-19,21H,15-17,20H2,1-6H3,(H,33,36)(H,34,35). The summed E-state index contributed by atoms with van der Waals surface area (Å²) >= 11 is 0. The molecule has 0 heterocycles. The summed E-state index contributed by atoms with van der Waals surface area (Å²) in [6.45, 7) is 13.8. The van der Waals surface area contributed by atoms with Crippen LogP contribution in [0.5, 0.6) is 5.75 Å². The molecule has 0 aliphatic rings. The molecule has 1 unspecified atom stereocenters. The van der Waals surface area contributed by atoms with E-state index in [2.05, 4.69) is 83.3 Å². The number of carboxylic acids is 1. The Bertz CT molecular complexity index is 1200. The summed E-state index contributed by atoms with van der Waals surface area (Å²) < 4.78 is 6.17. The molecule has 0 spiro atoms. The molecular formula is C32H39NO4. The fraction of sp³-hybridized carbons (Fsp3) is 0.375. The number of carboxylic acid groups (broad SMARTS) is 1. The number of hydrogen-bond acceptors (Lipinski definition) is 3. The Morgan fingerprint density at radius 1 is 0.946 bits per heavy atom. The third-order valence-corrected chi connectivity index (χ3v) is 6.51. The van der Waals surface area contributed by atoms with Crippen molar-refractivity contribution < 1.29 is 19.4 Å². The number of hydrogen-bond donors (Lipinski definition) is 2. The second-order valence-corrected chi connectivity index (χ2v) is 11.0. The van der Waals surface area contributed by atoms with Gasteiger partial charge in [-0.2, -0.15) is 0 Å². The Labute approximate surface area is 220 Å². The normalized spacial score (nSPS) is 12.2. The summed E-state index contributed by atoms with van der Waals surface area (Å²) in [5.74, 6) is -0.0201. The molecule has 0 saturated heterocycles. The zero-order chi connectivity index (χ0) is 27.2. The Balaban J connectivity index is 1.57. The number of amides is 1. The Morgan fingerprint density at radius 3 is 2.08 bits per heavy atom. The number of ether oxygens (including phenoxy) is 1. The van der Waals surface area contributed by atoms with Gasteiger partial charge in [0.15, 0.2) is 0 Å². The van der Waals surface area contributed by atoms with E-state index in [1.807, 2.05) is 12.1 Å². The third-order valence-electron chi connectivity index (χ3n) is 6.51. The maximum atomic E-state index is 12.1. The first-order valence-electron chi connectivity index (χ1n) is 12.9. The summed E-state index contributed by atoms with van der Waals surface area (Å²) in [7, 11) is 0. The summed E-state index contributed by atoms with van der Waals surface area (Å²) in [6, 6.07) is 20.5. The highest BCUT2D eigenvalue weighted by Crippen LogP contribution is 2.33. The number of aryl methyl sites for hydroxylation is 2. The van der Waals surface area contributed by atoms with Crippen LogP contribution in [0.3, 0.4) is 0 Å².